The van der Waals surface area contributed by atoms with Crippen molar-refractivity contribution in [2.75, 3.05) is 19.6 Å². The summed E-state index contributed by atoms with van der Waals surface area (Å²) in [7, 11) is -1.41. The average Bonchev–Trinajstić information content (AvgIpc) is 3.21. The minimum absolute atomic E-state index is 1.30. The molecule has 0 bridgehead atoms. The van der Waals surface area contributed by atoms with Gasteiger partial charge in [0.15, 0.2) is 0 Å². The van der Waals surface area contributed by atoms with Crippen molar-refractivity contribution in [3.05, 3.63) is 12.1 Å². The van der Waals surface area contributed by atoms with Crippen LogP contribution in [-0.2, 0) is 0 Å². The van der Waals surface area contributed by atoms with Crippen molar-refractivity contribution >= 4 is 31.3 Å². The zero-order chi connectivity index (χ0) is 16.9. The average molecular weight is 396 g/mol. The fourth-order valence-electron chi connectivity index (χ4n) is 4.13. The molecule has 1 aliphatic rings. The molecule has 2 nitrogen and oxygen atoms in total. The molecule has 1 aromatic heterocycles. The molecule has 0 amide bonds. The molecule has 2 heterocycles. The predicted octanol–water partition coefficient (Wildman–Crippen LogP) is 4.40. The summed E-state index contributed by atoms with van der Waals surface area (Å²) in [6.07, 6.45) is 4.15. The molecule has 1 aromatic rings. The number of hydrogen-bond acceptors (Lipinski definition) is 2. The number of likely N-dealkylation sites (tertiary alicyclic amines) is 1. The maximum absolute atomic E-state index is 6.54. The summed E-state index contributed by atoms with van der Waals surface area (Å²) in [6, 6.07) is 6.07. The fourth-order valence-corrected chi connectivity index (χ4v) is 13.5. The molecule has 2 rings (SSSR count). The van der Waals surface area contributed by atoms with Gasteiger partial charge in [0.2, 0.25) is 0 Å². The van der Waals surface area contributed by atoms with Gasteiger partial charge in [0, 0.05) is 0 Å². The first-order valence-corrected chi connectivity index (χ1v) is 18.5. The van der Waals surface area contributed by atoms with Crippen LogP contribution in [0.25, 0.3) is 0 Å². The monoisotopic (exact) mass is 397 g/mol. The van der Waals surface area contributed by atoms with E-state index in [1.807, 2.05) is 0 Å². The summed E-state index contributed by atoms with van der Waals surface area (Å²) < 4.78 is 7.96. The summed E-state index contributed by atoms with van der Waals surface area (Å²) >= 11 is -1.92. The third-order valence-corrected chi connectivity index (χ3v) is 20.8. The van der Waals surface area contributed by atoms with E-state index < -0.39 is 21.3 Å². The molecule has 132 valence electrons. The fraction of sp³-hybridized carbons (Fsp3) is 0.789. The second-order valence-corrected chi connectivity index (χ2v) is 23.7. The third kappa shape index (κ3) is 4.55. The number of rotatable bonds is 9. The molecule has 0 radical (unpaired) electrons. The molecule has 23 heavy (non-hydrogen) atoms. The van der Waals surface area contributed by atoms with Crippen LogP contribution in [0.15, 0.2) is 16.5 Å². The predicted molar refractivity (Wildman–Crippen MR) is 108 cm³/mol. The van der Waals surface area contributed by atoms with Gasteiger partial charge in [-0.25, -0.2) is 0 Å². The van der Waals surface area contributed by atoms with Crippen LogP contribution in [0.5, 0.6) is 0 Å². The van der Waals surface area contributed by atoms with Gasteiger partial charge in [0.05, 0.1) is 0 Å². The standard InChI is InChI=1S/C19H37GeNOSi/c1-6-20(7-2,8-3)18-12-13-19(22-18)23(4,5)17-11-16-21-14-9-10-15-21/h12-13H,6-11,14-17H2,1-5H3. The van der Waals surface area contributed by atoms with Gasteiger partial charge in [-0.05, 0) is 0 Å². The second kappa shape index (κ2) is 8.39. The molecule has 0 unspecified atom stereocenters. The van der Waals surface area contributed by atoms with E-state index in [1.165, 1.54) is 70.7 Å². The van der Waals surface area contributed by atoms with Gasteiger partial charge >= 0.3 is 147 Å². The van der Waals surface area contributed by atoms with E-state index in [4.69, 9.17) is 4.42 Å². The molecule has 0 aliphatic carbocycles. The van der Waals surface area contributed by atoms with Crippen molar-refractivity contribution in [2.24, 2.45) is 0 Å². The SMILES string of the molecule is C[CH2][Ge]([CH2]C)([CH2]C)[c]1ccc([Si](C)(C)CCCN2CCCC2)o1. The first-order valence-electron chi connectivity index (χ1n) is 9.80. The Bertz CT molecular complexity index is 467. The molecule has 0 spiro atoms. The summed E-state index contributed by atoms with van der Waals surface area (Å²) in [5, 5.41) is 5.43. The molecule has 0 aromatic carbocycles. The molecule has 1 aliphatic heterocycles. The van der Waals surface area contributed by atoms with Crippen molar-refractivity contribution in [3.63, 3.8) is 0 Å². The Kier molecular flexibility index (Phi) is 7.05. The van der Waals surface area contributed by atoms with Crippen molar-refractivity contribution in [2.45, 2.75) is 74.9 Å². The first-order chi connectivity index (χ1) is 11.0. The summed E-state index contributed by atoms with van der Waals surface area (Å²) in [6.45, 7) is 16.1. The Hall–Kier alpha value is -0.000260. The van der Waals surface area contributed by atoms with Crippen LogP contribution in [0.4, 0.5) is 0 Å². The van der Waals surface area contributed by atoms with Gasteiger partial charge in [-0.3, -0.25) is 0 Å². The van der Waals surface area contributed by atoms with E-state index in [9.17, 15) is 0 Å². The molecular formula is C19H37GeNOSi. The van der Waals surface area contributed by atoms with E-state index in [0.717, 1.165) is 0 Å². The van der Waals surface area contributed by atoms with Crippen LogP contribution >= 0.6 is 0 Å². The van der Waals surface area contributed by atoms with Crippen LogP contribution in [0, 0.1) is 0 Å². The zero-order valence-corrected chi connectivity index (χ0v) is 19.2. The zero-order valence-electron chi connectivity index (χ0n) is 16.1. The maximum atomic E-state index is 6.54. The molecule has 4 heteroatoms. The van der Waals surface area contributed by atoms with Crippen LogP contribution in [0.1, 0.15) is 40.0 Å². The third-order valence-electron chi connectivity index (χ3n) is 6.30. The summed E-state index contributed by atoms with van der Waals surface area (Å²) in [4.78, 5) is 2.64. The van der Waals surface area contributed by atoms with Crippen molar-refractivity contribution < 1.29 is 4.42 Å². The van der Waals surface area contributed by atoms with Crippen molar-refractivity contribution in [3.8, 4) is 0 Å². The molecule has 0 saturated carbocycles. The molecule has 1 saturated heterocycles. The van der Waals surface area contributed by atoms with Gasteiger partial charge in [-0.1, -0.05) is 0 Å². The van der Waals surface area contributed by atoms with Gasteiger partial charge in [-0.15, -0.1) is 0 Å². The number of furan rings is 1. The Labute approximate surface area is 147 Å². The number of hydrogen-bond donors (Lipinski definition) is 0. The van der Waals surface area contributed by atoms with E-state index in [0.29, 0.717) is 0 Å². The molecule has 0 N–H and O–H groups in total. The van der Waals surface area contributed by atoms with Gasteiger partial charge < -0.3 is 0 Å². The van der Waals surface area contributed by atoms with Gasteiger partial charge in [0.25, 0.3) is 0 Å². The van der Waals surface area contributed by atoms with E-state index in [2.05, 4.69) is 50.9 Å². The summed E-state index contributed by atoms with van der Waals surface area (Å²) in [5.74, 6) is 0. The van der Waals surface area contributed by atoms with Crippen molar-refractivity contribution in [1.82, 2.24) is 4.90 Å². The summed E-state index contributed by atoms with van der Waals surface area (Å²) in [5.41, 5.74) is 0. The first kappa shape index (κ1) is 19.3. The topological polar surface area (TPSA) is 16.4 Å². The molecular weight excluding hydrogens is 359 g/mol. The van der Waals surface area contributed by atoms with E-state index in [1.54, 1.807) is 0 Å². The van der Waals surface area contributed by atoms with Crippen LogP contribution in [-0.4, -0.2) is 45.9 Å². The van der Waals surface area contributed by atoms with Crippen LogP contribution in [0.3, 0.4) is 0 Å². The Morgan fingerprint density at radius 3 is 2.22 bits per heavy atom. The molecule has 0 atom stereocenters. The Morgan fingerprint density at radius 1 is 1.04 bits per heavy atom. The Balaban J connectivity index is 1.99. The van der Waals surface area contributed by atoms with E-state index in [-0.39, 0.29) is 0 Å². The van der Waals surface area contributed by atoms with Crippen molar-refractivity contribution in [1.29, 1.82) is 0 Å². The Morgan fingerprint density at radius 2 is 1.65 bits per heavy atom. The van der Waals surface area contributed by atoms with E-state index >= 15 is 0 Å². The van der Waals surface area contributed by atoms with Gasteiger partial charge in [-0.2, -0.15) is 0 Å². The normalized spacial score (nSPS) is 17.1. The number of nitrogens with zero attached hydrogens (tertiary/aromatic N) is 1. The minimum atomic E-state index is -1.92. The van der Waals surface area contributed by atoms with Crippen LogP contribution in [0.2, 0.25) is 34.9 Å². The van der Waals surface area contributed by atoms with Gasteiger partial charge in [0.1, 0.15) is 0 Å². The second-order valence-electron chi connectivity index (χ2n) is 8.04. The van der Waals surface area contributed by atoms with Crippen LogP contribution < -0.4 is 9.98 Å². The quantitative estimate of drug-likeness (QED) is 0.576. The molecule has 1 fully saturated rings.